The van der Waals surface area contributed by atoms with Gasteiger partial charge < -0.3 is 20.5 Å². The van der Waals surface area contributed by atoms with Crippen molar-refractivity contribution in [1.29, 1.82) is 0 Å². The van der Waals surface area contributed by atoms with E-state index in [2.05, 4.69) is 10.4 Å². The lowest BCUT2D eigenvalue weighted by molar-refractivity contribution is 0.0946. The van der Waals surface area contributed by atoms with E-state index in [1.54, 1.807) is 43.3 Å². The van der Waals surface area contributed by atoms with Gasteiger partial charge in [0.05, 0.1) is 25.5 Å². The van der Waals surface area contributed by atoms with Crippen LogP contribution in [-0.2, 0) is 0 Å². The van der Waals surface area contributed by atoms with Crippen LogP contribution in [0.25, 0.3) is 16.9 Å². The van der Waals surface area contributed by atoms with Crippen LogP contribution >= 0.6 is 0 Å². The lowest BCUT2D eigenvalue weighted by Crippen LogP contribution is -2.45. The van der Waals surface area contributed by atoms with Gasteiger partial charge >= 0.3 is 0 Å². The minimum atomic E-state index is -0.529. The number of methoxy groups -OCH3 is 2. The predicted molar refractivity (Wildman–Crippen MR) is 113 cm³/mol. The van der Waals surface area contributed by atoms with Gasteiger partial charge in [-0.05, 0) is 44.2 Å². The van der Waals surface area contributed by atoms with Gasteiger partial charge in [0.1, 0.15) is 17.2 Å². The molecule has 1 heterocycles. The van der Waals surface area contributed by atoms with Crippen LogP contribution in [0.3, 0.4) is 0 Å². The molecule has 3 aromatic rings. The number of nitrogens with one attached hydrogen (secondary N) is 1. The van der Waals surface area contributed by atoms with Crippen molar-refractivity contribution >= 4 is 5.91 Å². The fourth-order valence-electron chi connectivity index (χ4n) is 2.85. The van der Waals surface area contributed by atoms with E-state index in [1.165, 1.54) is 0 Å². The summed E-state index contributed by atoms with van der Waals surface area (Å²) in [7, 11) is 3.17. The first-order valence-electron chi connectivity index (χ1n) is 9.27. The molecule has 0 unspecified atom stereocenters. The molecule has 0 saturated heterocycles. The minimum Gasteiger partial charge on any atom is -0.497 e. The number of ether oxygens (including phenoxy) is 2. The Morgan fingerprint density at radius 2 is 1.86 bits per heavy atom. The molecular weight excluding hydrogens is 368 g/mol. The Morgan fingerprint density at radius 3 is 2.48 bits per heavy atom. The van der Waals surface area contributed by atoms with Gasteiger partial charge in [0.2, 0.25) is 0 Å². The number of hydrogen-bond donors (Lipinski definition) is 2. The number of aromatic nitrogens is 2. The van der Waals surface area contributed by atoms with Crippen LogP contribution in [0.4, 0.5) is 0 Å². The van der Waals surface area contributed by atoms with Crippen molar-refractivity contribution in [2.24, 2.45) is 5.73 Å². The first-order valence-corrected chi connectivity index (χ1v) is 9.27. The fourth-order valence-corrected chi connectivity index (χ4v) is 2.85. The number of nitrogens with two attached hydrogens (primary N) is 1. The van der Waals surface area contributed by atoms with E-state index >= 15 is 0 Å². The summed E-state index contributed by atoms with van der Waals surface area (Å²) in [4.78, 5) is 13.0. The molecule has 0 bridgehead atoms. The van der Waals surface area contributed by atoms with Crippen LogP contribution in [0, 0.1) is 0 Å². The highest BCUT2D eigenvalue weighted by Gasteiger charge is 2.23. The van der Waals surface area contributed by atoms with Crippen molar-refractivity contribution in [3.63, 3.8) is 0 Å². The largest absolute Gasteiger partial charge is 0.497 e. The number of rotatable bonds is 7. The van der Waals surface area contributed by atoms with Gasteiger partial charge in [-0.3, -0.25) is 4.79 Å². The molecule has 2 aromatic carbocycles. The molecule has 0 aliphatic heterocycles. The lowest BCUT2D eigenvalue weighted by atomic mass is 10.0. The quantitative estimate of drug-likeness (QED) is 0.643. The zero-order chi connectivity index (χ0) is 21.0. The molecule has 29 heavy (non-hydrogen) atoms. The Hall–Kier alpha value is -3.32. The molecule has 0 fully saturated rings. The summed E-state index contributed by atoms with van der Waals surface area (Å²) in [5, 5.41) is 7.58. The molecule has 0 aliphatic rings. The average molecular weight is 394 g/mol. The number of hydrogen-bond acceptors (Lipinski definition) is 5. The average Bonchev–Trinajstić information content (AvgIpc) is 3.17. The molecule has 0 saturated carbocycles. The summed E-state index contributed by atoms with van der Waals surface area (Å²) in [5.41, 5.74) is 7.91. The van der Waals surface area contributed by atoms with E-state index in [0.29, 0.717) is 34.9 Å². The van der Waals surface area contributed by atoms with Crippen molar-refractivity contribution in [1.82, 2.24) is 15.1 Å². The Morgan fingerprint density at radius 1 is 1.14 bits per heavy atom. The van der Waals surface area contributed by atoms with Gasteiger partial charge in [-0.2, -0.15) is 5.10 Å². The maximum atomic E-state index is 13.0. The Labute approximate surface area is 170 Å². The summed E-state index contributed by atoms with van der Waals surface area (Å²) in [6, 6.07) is 15.0. The van der Waals surface area contributed by atoms with Gasteiger partial charge in [-0.15, -0.1) is 0 Å². The van der Waals surface area contributed by atoms with Gasteiger partial charge in [-0.1, -0.05) is 18.2 Å². The van der Waals surface area contributed by atoms with Crippen molar-refractivity contribution < 1.29 is 14.3 Å². The van der Waals surface area contributed by atoms with E-state index < -0.39 is 5.54 Å². The summed E-state index contributed by atoms with van der Waals surface area (Å²) in [6.07, 6.45) is 1.71. The monoisotopic (exact) mass is 394 g/mol. The van der Waals surface area contributed by atoms with Gasteiger partial charge in [0, 0.05) is 23.8 Å². The fraction of sp³-hybridized carbons (Fsp3) is 0.273. The molecular formula is C22H26N4O3. The summed E-state index contributed by atoms with van der Waals surface area (Å²) >= 11 is 0. The molecule has 0 aliphatic carbocycles. The van der Waals surface area contributed by atoms with Gasteiger partial charge in [0.15, 0.2) is 0 Å². The molecule has 1 amide bonds. The van der Waals surface area contributed by atoms with Crippen molar-refractivity contribution in [3.8, 4) is 28.4 Å². The van der Waals surface area contributed by atoms with Crippen LogP contribution < -0.4 is 20.5 Å². The second-order valence-corrected chi connectivity index (χ2v) is 7.41. The SMILES string of the molecule is COc1ccc(OC)c(-c2nn(-c3ccccc3)cc2C(=O)NCC(C)(C)N)c1. The maximum Gasteiger partial charge on any atom is 0.255 e. The van der Waals surface area contributed by atoms with E-state index in [1.807, 2.05) is 44.2 Å². The minimum absolute atomic E-state index is 0.259. The smallest absolute Gasteiger partial charge is 0.255 e. The normalized spacial score (nSPS) is 11.2. The molecule has 0 atom stereocenters. The predicted octanol–water partition coefficient (Wildman–Crippen LogP) is 3.02. The molecule has 1 aromatic heterocycles. The highest BCUT2D eigenvalue weighted by atomic mass is 16.5. The molecule has 7 heteroatoms. The Balaban J connectivity index is 2.12. The van der Waals surface area contributed by atoms with E-state index in [0.717, 1.165) is 5.69 Å². The summed E-state index contributed by atoms with van der Waals surface area (Å²) in [5.74, 6) is 0.979. The third-order valence-electron chi connectivity index (χ3n) is 4.35. The van der Waals surface area contributed by atoms with Crippen LogP contribution in [0.2, 0.25) is 0 Å². The number of nitrogens with zero attached hydrogens (tertiary/aromatic N) is 2. The van der Waals surface area contributed by atoms with E-state index in [-0.39, 0.29) is 5.91 Å². The van der Waals surface area contributed by atoms with Crippen LogP contribution in [0.5, 0.6) is 11.5 Å². The van der Waals surface area contributed by atoms with Gasteiger partial charge in [-0.25, -0.2) is 4.68 Å². The Kier molecular flexibility index (Phi) is 5.89. The van der Waals surface area contributed by atoms with Gasteiger partial charge in [0.25, 0.3) is 5.91 Å². The lowest BCUT2D eigenvalue weighted by Gasteiger charge is -2.18. The number of benzene rings is 2. The van der Waals surface area contributed by atoms with Crippen LogP contribution in [0.15, 0.2) is 54.7 Å². The van der Waals surface area contributed by atoms with Crippen molar-refractivity contribution in [3.05, 3.63) is 60.3 Å². The Bertz CT molecular complexity index is 991. The molecule has 0 radical (unpaired) electrons. The van der Waals surface area contributed by atoms with E-state index in [4.69, 9.17) is 15.2 Å². The molecule has 3 rings (SSSR count). The standard InChI is InChI=1S/C22H26N4O3/c1-22(2,23)14-24-21(27)18-13-26(15-8-6-5-7-9-15)25-20(18)17-12-16(28-3)10-11-19(17)29-4/h5-13H,14,23H2,1-4H3,(H,24,27). The number of carbonyl (C=O) groups excluding carboxylic acids is 1. The van der Waals surface area contributed by atoms with Crippen molar-refractivity contribution in [2.75, 3.05) is 20.8 Å². The van der Waals surface area contributed by atoms with Crippen LogP contribution in [0.1, 0.15) is 24.2 Å². The second kappa shape index (κ2) is 8.36. The molecule has 3 N–H and O–H groups in total. The zero-order valence-electron chi connectivity index (χ0n) is 17.1. The first-order chi connectivity index (χ1) is 13.8. The van der Waals surface area contributed by atoms with E-state index in [9.17, 15) is 4.79 Å². The third kappa shape index (κ3) is 4.75. The van der Waals surface area contributed by atoms with Crippen LogP contribution in [-0.4, -0.2) is 42.0 Å². The second-order valence-electron chi connectivity index (χ2n) is 7.41. The summed E-state index contributed by atoms with van der Waals surface area (Å²) in [6.45, 7) is 4.04. The third-order valence-corrected chi connectivity index (χ3v) is 4.35. The number of para-hydroxylation sites is 1. The zero-order valence-corrected chi connectivity index (χ0v) is 17.1. The highest BCUT2D eigenvalue weighted by molar-refractivity contribution is 6.00. The number of carbonyl (C=O) groups is 1. The molecule has 152 valence electrons. The topological polar surface area (TPSA) is 91.4 Å². The first kappa shape index (κ1) is 20.4. The summed E-state index contributed by atoms with van der Waals surface area (Å²) < 4.78 is 12.5. The number of amides is 1. The maximum absolute atomic E-state index is 13.0. The molecule has 7 nitrogen and oxygen atoms in total. The highest BCUT2D eigenvalue weighted by Crippen LogP contribution is 2.35. The van der Waals surface area contributed by atoms with Crippen molar-refractivity contribution in [2.45, 2.75) is 19.4 Å². The molecule has 0 spiro atoms.